The molecule has 2 aromatic rings. The maximum atomic E-state index is 12.9. The van der Waals surface area contributed by atoms with Crippen molar-refractivity contribution in [3.05, 3.63) is 32.7 Å². The molecule has 0 aliphatic carbocycles. The molecule has 0 spiro atoms. The number of nitrogens with zero attached hydrogens (tertiary/aromatic N) is 6. The van der Waals surface area contributed by atoms with Crippen molar-refractivity contribution in [2.75, 3.05) is 24.3 Å². The Morgan fingerprint density at radius 2 is 2.11 bits per heavy atom. The number of nitrogens with two attached hydrogens (primary N) is 1. The van der Waals surface area contributed by atoms with Crippen LogP contribution in [0.5, 0.6) is 5.88 Å². The van der Waals surface area contributed by atoms with Gasteiger partial charge in [0.1, 0.15) is 24.2 Å². The molecule has 4 rings (SSSR count). The summed E-state index contributed by atoms with van der Waals surface area (Å²) in [6, 6.07) is -1.03. The van der Waals surface area contributed by atoms with Crippen LogP contribution >= 0.6 is 34.9 Å². The molecular formula is C18H16N8NaO7S3-. The predicted octanol–water partition coefficient (Wildman–Crippen LogP) is -6.16. The Morgan fingerprint density at radius 1 is 1.38 bits per heavy atom. The second kappa shape index (κ2) is 11.8. The fourth-order valence-electron chi connectivity index (χ4n) is 3.39. The smallest absolute Gasteiger partial charge is 0.854 e. The standard InChI is InChI=1S/C18H18N8O7S3.Na/c1-25-18(22-12(28)13(29)23-25)36-4-6-3-34-15-9(14(30)26(15)10(6)16(31)32)21-11(27)8(24-33-2)7-5-35-17(19)20-7;/h5,9,15H,3-4H2,1-2H3,(H2,19,20)(H,21,27)(H,23,29)(H,31,32);/q;+1/p-2/b24-8-;. The number of thiazole rings is 1. The van der Waals surface area contributed by atoms with Crippen LogP contribution in [-0.2, 0) is 26.3 Å². The minimum Gasteiger partial charge on any atom is -0.854 e. The van der Waals surface area contributed by atoms with Gasteiger partial charge >= 0.3 is 29.6 Å². The van der Waals surface area contributed by atoms with Crippen molar-refractivity contribution < 1.29 is 59.0 Å². The number of hydrogen-bond donors (Lipinski definition) is 2. The van der Waals surface area contributed by atoms with Crippen molar-refractivity contribution in [1.29, 1.82) is 0 Å². The number of anilines is 1. The molecule has 0 radical (unpaired) electrons. The number of oxime groups is 1. The Labute approximate surface area is 242 Å². The Balaban J connectivity index is 0.00000380. The predicted molar refractivity (Wildman–Crippen MR) is 125 cm³/mol. The summed E-state index contributed by atoms with van der Waals surface area (Å²) in [7, 11) is 2.66. The van der Waals surface area contributed by atoms with Gasteiger partial charge in [0.15, 0.2) is 16.0 Å². The summed E-state index contributed by atoms with van der Waals surface area (Å²) in [6.07, 6.45) is 0. The van der Waals surface area contributed by atoms with E-state index in [0.717, 1.165) is 32.7 Å². The van der Waals surface area contributed by atoms with Crippen LogP contribution in [0.25, 0.3) is 0 Å². The van der Waals surface area contributed by atoms with E-state index < -0.39 is 40.6 Å². The molecule has 0 bridgehead atoms. The molecule has 3 N–H and O–H groups in total. The van der Waals surface area contributed by atoms with Gasteiger partial charge in [-0.05, 0) is 5.57 Å². The Hall–Kier alpha value is -2.64. The first kappa shape index (κ1) is 28.9. The number of aryl methyl sites for hydroxylation is 1. The van der Waals surface area contributed by atoms with Gasteiger partial charge in [-0.2, -0.15) is 10.1 Å². The van der Waals surface area contributed by atoms with Gasteiger partial charge in [0.05, 0.1) is 17.5 Å². The third-order valence-corrected chi connectivity index (χ3v) is 8.08. The molecule has 0 aromatic carbocycles. The monoisotopic (exact) mass is 575 g/mol. The first-order chi connectivity index (χ1) is 17.1. The van der Waals surface area contributed by atoms with Crippen LogP contribution in [0.1, 0.15) is 5.69 Å². The van der Waals surface area contributed by atoms with Crippen LogP contribution in [0.3, 0.4) is 0 Å². The zero-order valence-corrected chi connectivity index (χ0v) is 23.9. The van der Waals surface area contributed by atoms with E-state index >= 15 is 0 Å². The topological polar surface area (TPSA) is 221 Å². The van der Waals surface area contributed by atoms with E-state index in [1.165, 1.54) is 31.3 Å². The molecule has 1 fully saturated rings. The number of nitrogen functional groups attached to an aromatic ring is 1. The number of carbonyl (C=O) groups excluding carboxylic acids is 3. The summed E-state index contributed by atoms with van der Waals surface area (Å²) in [5.74, 6) is -3.74. The van der Waals surface area contributed by atoms with Gasteiger partial charge in [-0.15, -0.1) is 23.1 Å². The number of hydrogen-bond acceptors (Lipinski definition) is 15. The SMILES string of the molecule is CO/N=C(\C(=O)NC1C(=O)N2C(C(=O)[O-])=C(CSc3nc(=O)c([O-])nn3C)CSC12)c1csc(N)n1.[Na+]. The van der Waals surface area contributed by atoms with Crippen LogP contribution in [0, 0.1) is 0 Å². The molecule has 2 atom stereocenters. The van der Waals surface area contributed by atoms with Crippen molar-refractivity contribution in [3.8, 4) is 5.88 Å². The number of amides is 2. The Bertz CT molecular complexity index is 1380. The van der Waals surface area contributed by atoms with E-state index in [1.807, 2.05) is 0 Å². The van der Waals surface area contributed by atoms with Gasteiger partial charge in [-0.25, -0.2) is 9.67 Å². The number of carboxylic acids is 1. The van der Waals surface area contributed by atoms with E-state index in [2.05, 4.69) is 25.5 Å². The molecule has 0 saturated carbocycles. The average Bonchev–Trinajstić information content (AvgIpc) is 3.27. The van der Waals surface area contributed by atoms with Crippen molar-refractivity contribution >= 4 is 63.5 Å². The summed E-state index contributed by atoms with van der Waals surface area (Å²) in [5.41, 5.74) is 4.57. The number of fused-ring (bicyclic) bond motifs is 1. The van der Waals surface area contributed by atoms with E-state index in [0.29, 0.717) is 5.57 Å². The van der Waals surface area contributed by atoms with Gasteiger partial charge in [0, 0.05) is 23.9 Å². The maximum absolute atomic E-state index is 12.9. The summed E-state index contributed by atoms with van der Waals surface area (Å²) in [5, 5.41) is 34.1. The minimum absolute atomic E-state index is 0. The number of carbonyl (C=O) groups is 3. The summed E-state index contributed by atoms with van der Waals surface area (Å²) < 4.78 is 1.11. The molecule has 1 saturated heterocycles. The molecule has 190 valence electrons. The van der Waals surface area contributed by atoms with Gasteiger partial charge in [-0.3, -0.25) is 19.3 Å². The van der Waals surface area contributed by atoms with E-state index in [4.69, 9.17) is 10.6 Å². The summed E-state index contributed by atoms with van der Waals surface area (Å²) in [6.45, 7) is 0. The van der Waals surface area contributed by atoms with Crippen molar-refractivity contribution in [1.82, 2.24) is 30.0 Å². The van der Waals surface area contributed by atoms with Crippen LogP contribution in [0.15, 0.2) is 31.8 Å². The fraction of sp³-hybridized carbons (Fsp3) is 0.333. The number of carboxylic acid groups (broad SMARTS) is 1. The van der Waals surface area contributed by atoms with Crippen LogP contribution < -0.4 is 56.4 Å². The Kier molecular flexibility index (Phi) is 9.24. The number of β-lactam (4-membered cyclic amide) rings is 1. The number of thioether (sulfide) groups is 2. The van der Waals surface area contributed by atoms with Crippen molar-refractivity contribution in [2.24, 2.45) is 12.2 Å². The van der Waals surface area contributed by atoms with Gasteiger partial charge < -0.3 is 30.9 Å². The second-order valence-electron chi connectivity index (χ2n) is 7.21. The Morgan fingerprint density at radius 3 is 2.73 bits per heavy atom. The first-order valence-electron chi connectivity index (χ1n) is 9.89. The molecular weight excluding hydrogens is 559 g/mol. The molecule has 19 heteroatoms. The number of nitrogens with one attached hydrogen (secondary N) is 1. The summed E-state index contributed by atoms with van der Waals surface area (Å²) >= 11 is 3.31. The summed E-state index contributed by atoms with van der Waals surface area (Å²) in [4.78, 5) is 62.5. The van der Waals surface area contributed by atoms with Crippen LogP contribution in [0.4, 0.5) is 5.13 Å². The van der Waals surface area contributed by atoms with Crippen LogP contribution in [0.2, 0.25) is 0 Å². The number of aromatic nitrogens is 4. The maximum Gasteiger partial charge on any atom is 1.00 e. The molecule has 2 aliphatic rings. The largest absolute Gasteiger partial charge is 1.00 e. The number of rotatable bonds is 8. The van der Waals surface area contributed by atoms with Crippen molar-refractivity contribution in [3.63, 3.8) is 0 Å². The molecule has 2 amide bonds. The van der Waals surface area contributed by atoms with Crippen molar-refractivity contribution in [2.45, 2.75) is 16.6 Å². The molecule has 4 heterocycles. The molecule has 37 heavy (non-hydrogen) atoms. The molecule has 15 nitrogen and oxygen atoms in total. The first-order valence-corrected chi connectivity index (χ1v) is 12.8. The van der Waals surface area contributed by atoms with Gasteiger partial charge in [0.2, 0.25) is 0 Å². The van der Waals surface area contributed by atoms with Crippen LogP contribution in [-0.4, -0.2) is 78.2 Å². The quantitative estimate of drug-likeness (QED) is 0.0985. The molecule has 2 aliphatic heterocycles. The van der Waals surface area contributed by atoms with E-state index in [1.54, 1.807) is 0 Å². The average molecular weight is 576 g/mol. The second-order valence-corrected chi connectivity index (χ2v) is 10.1. The number of aliphatic carboxylic acids is 1. The third-order valence-electron chi connectivity index (χ3n) is 4.96. The van der Waals surface area contributed by atoms with Gasteiger partial charge in [-0.1, -0.05) is 16.9 Å². The van der Waals surface area contributed by atoms with E-state index in [-0.39, 0.29) is 68.5 Å². The third kappa shape index (κ3) is 5.78. The van der Waals surface area contributed by atoms with E-state index in [9.17, 15) is 29.4 Å². The fourth-order valence-corrected chi connectivity index (χ4v) is 6.33. The molecule has 2 unspecified atom stereocenters. The van der Waals surface area contributed by atoms with Gasteiger partial charge in [0.25, 0.3) is 17.4 Å². The normalized spacial score (nSPS) is 19.0. The minimum atomic E-state index is -1.57. The zero-order chi connectivity index (χ0) is 26.1. The molecule has 2 aromatic heterocycles. The zero-order valence-electron chi connectivity index (χ0n) is 19.5.